The minimum atomic E-state index is 0.573. The molecule has 5 heterocycles. The van der Waals surface area contributed by atoms with Crippen molar-refractivity contribution in [2.45, 2.75) is 0 Å². The number of aliphatic imine (C=N–C) groups is 2. The first-order chi connectivity index (χ1) is 33.6. The smallest absolute Gasteiger partial charge is 0.162 e. The maximum atomic E-state index is 6.51. The summed E-state index contributed by atoms with van der Waals surface area (Å²) in [6, 6.07) is 71.7. The van der Waals surface area contributed by atoms with Gasteiger partial charge in [0.15, 0.2) is 5.84 Å². The number of hydrogen-bond acceptors (Lipinski definition) is 4. The zero-order valence-corrected chi connectivity index (χ0v) is 37.3. The average Bonchev–Trinajstić information content (AvgIpc) is 4.10. The number of allylic oxidation sites excluding steroid dienone is 2. The molecule has 0 saturated carbocycles. The minimum absolute atomic E-state index is 0.573. The maximum Gasteiger partial charge on any atom is 0.162 e. The van der Waals surface area contributed by atoms with Gasteiger partial charge in [-0.05, 0) is 94.4 Å². The van der Waals surface area contributed by atoms with E-state index in [4.69, 9.17) is 21.0 Å². The average molecular weight is 885 g/mol. The van der Waals surface area contributed by atoms with Crippen LogP contribution in [0.5, 0.6) is 0 Å². The summed E-state index contributed by atoms with van der Waals surface area (Å²) >= 11 is 1.84. The van der Waals surface area contributed by atoms with Crippen molar-refractivity contribution in [1.29, 1.82) is 0 Å². The Morgan fingerprint density at radius 2 is 0.985 bits per heavy atom. The Balaban J connectivity index is 1.09. The molecule has 0 aliphatic carbocycles. The van der Waals surface area contributed by atoms with Gasteiger partial charge in [-0.25, -0.2) is 9.98 Å². The second-order valence-electron chi connectivity index (χ2n) is 17.8. The maximum absolute atomic E-state index is 6.51. The van der Waals surface area contributed by atoms with Crippen molar-refractivity contribution in [1.82, 2.24) is 9.13 Å². The standard InChI is InChI=1S/C62H36N4OS/c1-36-31-49(63-61(46-23-14-28-55-58(46)45-22-9-13-27-54(45)67-55)64-62(36)66-51-25-11-6-19-41(51)42-20-7-12-26-52(42)66)44-29-30-56-59(48-33-38-16-3-5-18-40(38)35-57(48)68-56)60(44)65-50-24-10-8-21-43(50)47-32-37-15-2-4-17-39(37)34-53(47)65/h2-35H,1H2. The fourth-order valence-electron chi connectivity index (χ4n) is 11.0. The summed E-state index contributed by atoms with van der Waals surface area (Å²) < 4.78 is 13.7. The monoisotopic (exact) mass is 884 g/mol. The number of furan rings is 1. The Kier molecular flexibility index (Phi) is 7.74. The summed E-state index contributed by atoms with van der Waals surface area (Å²) in [6.45, 7) is 4.87. The lowest BCUT2D eigenvalue weighted by molar-refractivity contribution is 0.669. The molecule has 10 aromatic carbocycles. The van der Waals surface area contributed by atoms with Gasteiger partial charge in [0.25, 0.3) is 0 Å². The van der Waals surface area contributed by atoms with Crippen LogP contribution in [0.25, 0.3) is 119 Å². The van der Waals surface area contributed by atoms with Gasteiger partial charge in [0.2, 0.25) is 0 Å². The molecule has 4 aromatic heterocycles. The predicted molar refractivity (Wildman–Crippen MR) is 288 cm³/mol. The van der Waals surface area contributed by atoms with Gasteiger partial charge >= 0.3 is 0 Å². The summed E-state index contributed by atoms with van der Waals surface area (Å²) in [5.74, 6) is 1.28. The van der Waals surface area contributed by atoms with Crippen LogP contribution in [0.1, 0.15) is 11.1 Å². The molecule has 0 atom stereocenters. The van der Waals surface area contributed by atoms with Gasteiger partial charge in [-0.1, -0.05) is 140 Å². The van der Waals surface area contributed by atoms with E-state index in [-0.39, 0.29) is 0 Å². The van der Waals surface area contributed by atoms with E-state index in [1.807, 2.05) is 35.6 Å². The Labute approximate surface area is 392 Å². The van der Waals surface area contributed by atoms with Gasteiger partial charge in [-0.3, -0.25) is 4.57 Å². The molecule has 6 heteroatoms. The first-order valence-corrected chi connectivity index (χ1v) is 23.7. The van der Waals surface area contributed by atoms with E-state index in [2.05, 4.69) is 191 Å². The Bertz CT molecular complexity index is 4590. The third-order valence-corrected chi connectivity index (χ3v) is 15.1. The fourth-order valence-corrected chi connectivity index (χ4v) is 12.1. The number of nitrogens with zero attached hydrogens (tertiary/aromatic N) is 4. The molecule has 14 aromatic rings. The Morgan fingerprint density at radius 3 is 1.71 bits per heavy atom. The number of aromatic nitrogens is 2. The predicted octanol–water partition coefficient (Wildman–Crippen LogP) is 16.8. The molecule has 0 spiro atoms. The fraction of sp³-hybridized carbons (Fsp3) is 0. The van der Waals surface area contributed by atoms with Crippen LogP contribution in [0.15, 0.2) is 233 Å². The quantitative estimate of drug-likeness (QED) is 0.174. The van der Waals surface area contributed by atoms with Gasteiger partial charge in [0.05, 0.1) is 33.5 Å². The number of hydrogen-bond donors (Lipinski definition) is 0. The lowest BCUT2D eigenvalue weighted by atomic mass is 9.99. The van der Waals surface area contributed by atoms with E-state index in [1.165, 1.54) is 52.5 Å². The Hall–Kier alpha value is -8.84. The molecular formula is C62H36N4OS. The summed E-state index contributed by atoms with van der Waals surface area (Å²) in [5, 5.41) is 13.9. The highest BCUT2D eigenvalue weighted by atomic mass is 32.1. The van der Waals surface area contributed by atoms with Crippen LogP contribution in [0.3, 0.4) is 0 Å². The van der Waals surface area contributed by atoms with Gasteiger partial charge in [0.1, 0.15) is 17.0 Å². The minimum Gasteiger partial charge on any atom is -0.456 e. The molecule has 5 nitrogen and oxygen atoms in total. The largest absolute Gasteiger partial charge is 0.456 e. The summed E-state index contributed by atoms with van der Waals surface area (Å²) in [5.41, 5.74) is 10.4. The zero-order chi connectivity index (χ0) is 44.6. The van der Waals surface area contributed by atoms with Gasteiger partial charge < -0.3 is 8.98 Å². The molecule has 0 amide bonds. The molecule has 0 saturated heterocycles. The highest BCUT2D eigenvalue weighted by Crippen LogP contribution is 2.47. The molecule has 0 bridgehead atoms. The Morgan fingerprint density at radius 1 is 0.412 bits per heavy atom. The van der Waals surface area contributed by atoms with Crippen molar-refractivity contribution in [3.8, 4) is 5.69 Å². The molecule has 0 radical (unpaired) electrons. The second kappa shape index (κ2) is 14.1. The normalized spacial score (nSPS) is 13.6. The molecular weight excluding hydrogens is 849 g/mol. The van der Waals surface area contributed by atoms with Crippen LogP contribution in [0.4, 0.5) is 0 Å². The summed E-state index contributed by atoms with van der Waals surface area (Å²) in [4.78, 5) is 11.5. The van der Waals surface area contributed by atoms with Crippen molar-refractivity contribution in [2.24, 2.45) is 9.98 Å². The summed E-state index contributed by atoms with van der Waals surface area (Å²) in [7, 11) is 0. The van der Waals surface area contributed by atoms with Crippen molar-refractivity contribution < 1.29 is 4.42 Å². The first-order valence-electron chi connectivity index (χ1n) is 22.9. The highest BCUT2D eigenvalue weighted by Gasteiger charge is 2.27. The van der Waals surface area contributed by atoms with Crippen molar-refractivity contribution in [2.75, 3.05) is 0 Å². The third kappa shape index (κ3) is 5.32. The number of thiophene rings is 1. The molecule has 1 aliphatic rings. The van der Waals surface area contributed by atoms with Crippen LogP contribution in [0.2, 0.25) is 0 Å². The topological polar surface area (TPSA) is 47.7 Å². The highest BCUT2D eigenvalue weighted by molar-refractivity contribution is 7.26. The molecule has 0 fully saturated rings. The van der Waals surface area contributed by atoms with E-state index in [0.29, 0.717) is 11.7 Å². The molecule has 1 aliphatic heterocycles. The van der Waals surface area contributed by atoms with Crippen LogP contribution in [0, 0.1) is 0 Å². The van der Waals surface area contributed by atoms with E-state index < -0.39 is 0 Å². The zero-order valence-electron chi connectivity index (χ0n) is 36.4. The van der Waals surface area contributed by atoms with Crippen LogP contribution in [-0.2, 0) is 0 Å². The van der Waals surface area contributed by atoms with Crippen LogP contribution in [-0.4, -0.2) is 20.8 Å². The molecule has 316 valence electrons. The van der Waals surface area contributed by atoms with Gasteiger partial charge in [0, 0.05) is 69.2 Å². The van der Waals surface area contributed by atoms with E-state index in [1.54, 1.807) is 0 Å². The molecule has 0 unspecified atom stereocenters. The van der Waals surface area contributed by atoms with E-state index in [0.717, 1.165) is 82.9 Å². The number of benzene rings is 10. The van der Waals surface area contributed by atoms with E-state index >= 15 is 0 Å². The molecule has 68 heavy (non-hydrogen) atoms. The number of fused-ring (bicyclic) bond motifs is 14. The SMILES string of the molecule is C=C1C=C(c2ccc3sc4cc5ccccc5cc4c3c2-n2c3ccccc3c3cc4ccccc4cc32)N=C(c2cccc3oc4ccccc4c23)N=C1n1c2ccccc2c2ccccc21. The van der Waals surface area contributed by atoms with Gasteiger partial charge in [-0.2, -0.15) is 0 Å². The first kappa shape index (κ1) is 37.4. The molecule has 15 rings (SSSR count). The lowest BCUT2D eigenvalue weighted by Gasteiger charge is -2.17. The van der Waals surface area contributed by atoms with E-state index in [9.17, 15) is 0 Å². The lowest BCUT2D eigenvalue weighted by Crippen LogP contribution is -2.15. The van der Waals surface area contributed by atoms with Crippen LogP contribution >= 0.6 is 11.3 Å². The summed E-state index contributed by atoms with van der Waals surface area (Å²) in [6.07, 6.45) is 2.15. The van der Waals surface area contributed by atoms with Crippen molar-refractivity contribution in [3.05, 3.63) is 230 Å². The third-order valence-electron chi connectivity index (χ3n) is 14.0. The van der Waals surface area contributed by atoms with Crippen LogP contribution < -0.4 is 0 Å². The van der Waals surface area contributed by atoms with Crippen molar-refractivity contribution >= 4 is 136 Å². The van der Waals surface area contributed by atoms with Gasteiger partial charge in [-0.15, -0.1) is 11.3 Å². The number of para-hydroxylation sites is 4. The van der Waals surface area contributed by atoms with Crippen molar-refractivity contribution in [3.63, 3.8) is 0 Å². The molecule has 0 N–H and O–H groups in total. The second-order valence-corrected chi connectivity index (χ2v) is 18.9. The number of amidine groups is 1. The number of rotatable bonds is 3.